The second-order valence-corrected chi connectivity index (χ2v) is 5.92. The van der Waals surface area contributed by atoms with E-state index >= 15 is 0 Å². The molecule has 0 fully saturated rings. The summed E-state index contributed by atoms with van der Waals surface area (Å²) in [7, 11) is 0. The van der Waals surface area contributed by atoms with Gasteiger partial charge in [-0.3, -0.25) is 14.9 Å². The van der Waals surface area contributed by atoms with Crippen LogP contribution in [0.2, 0.25) is 0 Å². The van der Waals surface area contributed by atoms with Crippen molar-refractivity contribution in [3.63, 3.8) is 0 Å². The van der Waals surface area contributed by atoms with Gasteiger partial charge in [0.1, 0.15) is 6.33 Å². The number of hydrogen-bond donors (Lipinski definition) is 1. The van der Waals surface area contributed by atoms with Crippen molar-refractivity contribution in [3.05, 3.63) is 69.9 Å². The van der Waals surface area contributed by atoms with Gasteiger partial charge in [0.25, 0.3) is 5.56 Å². The maximum absolute atomic E-state index is 12.8. The van der Waals surface area contributed by atoms with E-state index in [-0.39, 0.29) is 11.3 Å². The first-order valence-electron chi connectivity index (χ1n) is 8.03. The van der Waals surface area contributed by atoms with Gasteiger partial charge < -0.3 is 0 Å². The van der Waals surface area contributed by atoms with Gasteiger partial charge in [-0.1, -0.05) is 6.07 Å². The summed E-state index contributed by atoms with van der Waals surface area (Å²) < 4.78 is 41.1. The molecule has 0 aliphatic rings. The van der Waals surface area contributed by atoms with Crippen LogP contribution in [-0.4, -0.2) is 35.8 Å². The minimum Gasteiger partial charge on any atom is -0.293 e. The number of rotatable bonds is 3. The Labute approximate surface area is 155 Å². The third-order valence-corrected chi connectivity index (χ3v) is 4.01. The van der Waals surface area contributed by atoms with Crippen molar-refractivity contribution in [3.8, 4) is 5.82 Å². The van der Waals surface area contributed by atoms with Crippen LogP contribution in [0.15, 0.2) is 52.5 Å². The fourth-order valence-electron chi connectivity index (χ4n) is 2.61. The number of aryl methyl sites for hydroxylation is 1. The number of aromatic amines is 1. The quantitative estimate of drug-likeness (QED) is 0.547. The van der Waals surface area contributed by atoms with Crippen molar-refractivity contribution < 1.29 is 13.2 Å². The van der Waals surface area contributed by atoms with Crippen LogP contribution < -0.4 is 5.56 Å². The molecule has 0 aliphatic carbocycles. The maximum Gasteiger partial charge on any atom is 0.416 e. The van der Waals surface area contributed by atoms with E-state index in [9.17, 15) is 18.0 Å². The Bertz CT molecular complexity index is 1250. The summed E-state index contributed by atoms with van der Waals surface area (Å²) in [5.41, 5.74) is 0.0659. The third-order valence-electron chi connectivity index (χ3n) is 4.01. The van der Waals surface area contributed by atoms with Crippen LogP contribution in [0, 0.1) is 6.92 Å². The van der Waals surface area contributed by atoms with Gasteiger partial charge >= 0.3 is 6.18 Å². The van der Waals surface area contributed by atoms with E-state index in [4.69, 9.17) is 0 Å². The predicted octanol–water partition coefficient (Wildman–Crippen LogP) is 2.68. The molecule has 0 radical (unpaired) electrons. The monoisotopic (exact) mass is 387 g/mol. The van der Waals surface area contributed by atoms with Gasteiger partial charge in [-0.05, 0) is 37.3 Å². The molecule has 1 aromatic carbocycles. The van der Waals surface area contributed by atoms with Crippen LogP contribution in [0.25, 0.3) is 11.5 Å². The van der Waals surface area contributed by atoms with Crippen LogP contribution >= 0.6 is 0 Å². The third kappa shape index (κ3) is 3.17. The van der Waals surface area contributed by atoms with Gasteiger partial charge in [0.05, 0.1) is 16.8 Å². The predicted molar refractivity (Wildman–Crippen MR) is 94.2 cm³/mol. The van der Waals surface area contributed by atoms with Crippen molar-refractivity contribution in [1.29, 1.82) is 0 Å². The summed E-state index contributed by atoms with van der Waals surface area (Å²) in [4.78, 5) is 16.7. The minimum atomic E-state index is -4.46. The van der Waals surface area contributed by atoms with E-state index < -0.39 is 17.3 Å². The van der Waals surface area contributed by atoms with E-state index in [2.05, 4.69) is 25.4 Å². The zero-order chi connectivity index (χ0) is 19.9. The summed E-state index contributed by atoms with van der Waals surface area (Å²) >= 11 is 0. The molecular weight excluding hydrogens is 375 g/mol. The largest absolute Gasteiger partial charge is 0.416 e. The summed E-state index contributed by atoms with van der Waals surface area (Å²) in [6.45, 7) is 1.66. The molecule has 3 heterocycles. The van der Waals surface area contributed by atoms with E-state index in [1.54, 1.807) is 19.1 Å². The lowest BCUT2D eigenvalue weighted by Crippen LogP contribution is -2.19. The highest BCUT2D eigenvalue weighted by Crippen LogP contribution is 2.31. The molecule has 3 aromatic heterocycles. The SMILES string of the molecule is Cc1[nH]n(-c2ccc3nncn3n2)c(=O)c1C=Nc1cccc(C(F)(F)F)c1. The lowest BCUT2D eigenvalue weighted by Gasteiger charge is -2.06. The smallest absolute Gasteiger partial charge is 0.293 e. The summed E-state index contributed by atoms with van der Waals surface area (Å²) in [5, 5.41) is 14.7. The molecular formula is C17H12F3N7O. The Hall–Kier alpha value is -3.76. The fourth-order valence-corrected chi connectivity index (χ4v) is 2.61. The van der Waals surface area contributed by atoms with E-state index in [1.165, 1.54) is 33.9 Å². The molecule has 11 heteroatoms. The van der Waals surface area contributed by atoms with Gasteiger partial charge in [-0.25, -0.2) is 0 Å². The van der Waals surface area contributed by atoms with Crippen LogP contribution in [0.4, 0.5) is 18.9 Å². The van der Waals surface area contributed by atoms with E-state index in [1.807, 2.05) is 0 Å². The van der Waals surface area contributed by atoms with E-state index in [0.29, 0.717) is 17.2 Å². The molecule has 1 N–H and O–H groups in total. The second-order valence-electron chi connectivity index (χ2n) is 5.92. The van der Waals surface area contributed by atoms with Crippen molar-refractivity contribution >= 4 is 17.5 Å². The Morgan fingerprint density at radius 2 is 2.04 bits per heavy atom. The van der Waals surface area contributed by atoms with Crippen molar-refractivity contribution in [1.82, 2.24) is 29.6 Å². The van der Waals surface area contributed by atoms with E-state index in [0.717, 1.165) is 12.1 Å². The standard InChI is InChI=1S/C17H12F3N7O/c1-10-13(8-21-12-4-2-3-11(7-12)17(18,19)20)16(28)27(24-10)15-6-5-14-23-22-9-26(14)25-15/h2-9,24H,1H3. The van der Waals surface area contributed by atoms with Crippen LogP contribution in [-0.2, 0) is 6.18 Å². The van der Waals surface area contributed by atoms with Crippen LogP contribution in [0.3, 0.4) is 0 Å². The molecule has 0 saturated heterocycles. The molecule has 4 aromatic rings. The van der Waals surface area contributed by atoms with Gasteiger partial charge in [-0.2, -0.15) is 22.4 Å². The Balaban J connectivity index is 1.70. The number of hydrogen-bond acceptors (Lipinski definition) is 5. The maximum atomic E-state index is 12.8. The molecule has 0 bridgehead atoms. The molecule has 0 atom stereocenters. The van der Waals surface area contributed by atoms with Crippen molar-refractivity contribution in [2.75, 3.05) is 0 Å². The molecule has 142 valence electrons. The molecule has 0 spiro atoms. The zero-order valence-corrected chi connectivity index (χ0v) is 14.3. The number of nitrogens with one attached hydrogen (secondary N) is 1. The average molecular weight is 387 g/mol. The van der Waals surface area contributed by atoms with Crippen molar-refractivity contribution in [2.45, 2.75) is 13.1 Å². The lowest BCUT2D eigenvalue weighted by molar-refractivity contribution is -0.137. The van der Waals surface area contributed by atoms with Crippen molar-refractivity contribution in [2.24, 2.45) is 4.99 Å². The minimum absolute atomic E-state index is 0.0883. The van der Waals surface area contributed by atoms with Gasteiger partial charge in [0, 0.05) is 11.9 Å². The number of aromatic nitrogens is 6. The number of alkyl halides is 3. The fraction of sp³-hybridized carbons (Fsp3) is 0.118. The Kier molecular flexibility index (Phi) is 4.06. The first kappa shape index (κ1) is 17.6. The number of aliphatic imine (C=N–C) groups is 1. The van der Waals surface area contributed by atoms with Crippen LogP contribution in [0.5, 0.6) is 0 Å². The molecule has 0 amide bonds. The highest BCUT2D eigenvalue weighted by atomic mass is 19.4. The number of fused-ring (bicyclic) bond motifs is 1. The topological polar surface area (TPSA) is 93.2 Å². The average Bonchev–Trinajstić information content (AvgIpc) is 3.23. The van der Waals surface area contributed by atoms with Gasteiger partial charge in [0.15, 0.2) is 11.5 Å². The number of benzene rings is 1. The lowest BCUT2D eigenvalue weighted by atomic mass is 10.2. The number of halogens is 3. The normalized spacial score (nSPS) is 12.3. The second kappa shape index (κ2) is 6.44. The highest BCUT2D eigenvalue weighted by molar-refractivity contribution is 5.83. The number of nitrogens with zero attached hydrogens (tertiary/aromatic N) is 6. The molecule has 28 heavy (non-hydrogen) atoms. The molecule has 0 unspecified atom stereocenters. The summed E-state index contributed by atoms with van der Waals surface area (Å²) in [6, 6.07) is 7.80. The number of H-pyrrole nitrogens is 1. The van der Waals surface area contributed by atoms with Gasteiger partial charge in [-0.15, -0.1) is 15.3 Å². The van der Waals surface area contributed by atoms with Gasteiger partial charge in [0.2, 0.25) is 0 Å². The Morgan fingerprint density at radius 1 is 1.21 bits per heavy atom. The first-order chi connectivity index (χ1) is 13.3. The molecule has 4 rings (SSSR count). The summed E-state index contributed by atoms with van der Waals surface area (Å²) in [6.07, 6.45) is -1.83. The highest BCUT2D eigenvalue weighted by Gasteiger charge is 2.30. The Morgan fingerprint density at radius 3 is 2.82 bits per heavy atom. The first-order valence-corrected chi connectivity index (χ1v) is 8.03. The van der Waals surface area contributed by atoms with Crippen LogP contribution in [0.1, 0.15) is 16.8 Å². The summed E-state index contributed by atoms with van der Waals surface area (Å²) in [5.74, 6) is 0.305. The zero-order valence-electron chi connectivity index (χ0n) is 14.3. The molecule has 8 nitrogen and oxygen atoms in total. The molecule has 0 saturated carbocycles. The molecule has 0 aliphatic heterocycles.